The highest BCUT2D eigenvalue weighted by molar-refractivity contribution is 5.78. The van der Waals surface area contributed by atoms with E-state index in [1.54, 1.807) is 0 Å². The van der Waals surface area contributed by atoms with Crippen molar-refractivity contribution >= 4 is 5.91 Å². The number of carbonyl (C=O) groups excluding carboxylic acids is 1. The van der Waals surface area contributed by atoms with Gasteiger partial charge in [-0.1, -0.05) is 49.6 Å². The van der Waals surface area contributed by atoms with Gasteiger partial charge in [-0.3, -0.25) is 4.79 Å². The maximum Gasteiger partial charge on any atom is 0.223 e. The average Bonchev–Trinajstić information content (AvgIpc) is 2.38. The van der Waals surface area contributed by atoms with Gasteiger partial charge in [0.25, 0.3) is 0 Å². The third-order valence-electron chi connectivity index (χ3n) is 3.29. The third kappa shape index (κ3) is 3.09. The Balaban J connectivity index is 0.00000144. The molecular formula is C14H21NO. The van der Waals surface area contributed by atoms with E-state index in [2.05, 4.69) is 5.32 Å². The number of rotatable bonds is 3. The molecule has 0 heterocycles. The minimum Gasteiger partial charge on any atom is -0.352 e. The van der Waals surface area contributed by atoms with Crippen molar-refractivity contribution in [3.63, 3.8) is 0 Å². The lowest BCUT2D eigenvalue weighted by Gasteiger charge is -2.20. The normalized spacial score (nSPS) is 17.0. The Labute approximate surface area is 98.5 Å². The van der Waals surface area contributed by atoms with Crippen LogP contribution in [-0.4, -0.2) is 5.91 Å². The van der Waals surface area contributed by atoms with Gasteiger partial charge in [-0.2, -0.15) is 0 Å². The first-order chi connectivity index (χ1) is 7.86. The zero-order valence-corrected chi connectivity index (χ0v) is 9.61. The van der Waals surface area contributed by atoms with Crippen LogP contribution in [0.15, 0.2) is 30.3 Å². The van der Waals surface area contributed by atoms with Crippen molar-refractivity contribution in [3.8, 4) is 0 Å². The monoisotopic (exact) mass is 219 g/mol. The fourth-order valence-corrected chi connectivity index (χ4v) is 2.29. The topological polar surface area (TPSA) is 29.1 Å². The Hall–Kier alpha value is -1.31. The molecule has 2 rings (SSSR count). The first-order valence-electron chi connectivity index (χ1n) is 6.18. The van der Waals surface area contributed by atoms with Crippen molar-refractivity contribution < 1.29 is 6.22 Å². The van der Waals surface area contributed by atoms with E-state index in [4.69, 9.17) is 0 Å². The summed E-state index contributed by atoms with van der Waals surface area (Å²) in [4.78, 5) is 11.9. The number of carbonyl (C=O) groups is 1. The second-order valence-electron chi connectivity index (χ2n) is 4.54. The van der Waals surface area contributed by atoms with Crippen LogP contribution in [0.4, 0.5) is 0 Å². The van der Waals surface area contributed by atoms with Crippen LogP contribution in [-0.2, 0) is 11.3 Å². The molecule has 16 heavy (non-hydrogen) atoms. The Morgan fingerprint density at radius 1 is 1.19 bits per heavy atom. The first-order valence-corrected chi connectivity index (χ1v) is 6.18. The van der Waals surface area contributed by atoms with Gasteiger partial charge < -0.3 is 5.32 Å². The van der Waals surface area contributed by atoms with E-state index in [9.17, 15) is 4.79 Å². The molecule has 0 aromatic heterocycles. The predicted octanol–water partition coefficient (Wildman–Crippen LogP) is 3.13. The van der Waals surface area contributed by atoms with E-state index in [1.807, 2.05) is 30.3 Å². The molecular weight excluding hydrogens is 198 g/mol. The van der Waals surface area contributed by atoms with Gasteiger partial charge in [0.2, 0.25) is 5.91 Å². The molecule has 0 radical (unpaired) electrons. The van der Waals surface area contributed by atoms with Gasteiger partial charge >= 0.3 is 0 Å². The van der Waals surface area contributed by atoms with Crippen molar-refractivity contribution in [3.05, 3.63) is 35.9 Å². The van der Waals surface area contributed by atoms with E-state index in [0.717, 1.165) is 12.8 Å². The van der Waals surface area contributed by atoms with Gasteiger partial charge in [0.1, 0.15) is 0 Å². The number of amides is 1. The minimum atomic E-state index is 0. The lowest BCUT2D eigenvalue weighted by Crippen LogP contribution is -2.31. The van der Waals surface area contributed by atoms with Crippen LogP contribution in [0.5, 0.6) is 0 Å². The second kappa shape index (κ2) is 5.69. The van der Waals surface area contributed by atoms with Crippen LogP contribution in [0.2, 0.25) is 0 Å². The molecule has 2 nitrogen and oxygen atoms in total. The van der Waals surface area contributed by atoms with Gasteiger partial charge in [0.15, 0.2) is 0 Å². The first kappa shape index (κ1) is 11.2. The molecule has 0 atom stereocenters. The molecule has 1 amide bonds. The zero-order valence-electron chi connectivity index (χ0n) is 9.61. The van der Waals surface area contributed by atoms with Gasteiger partial charge in [-0.25, -0.2) is 0 Å². The smallest absolute Gasteiger partial charge is 0.223 e. The van der Waals surface area contributed by atoms with E-state index >= 15 is 0 Å². The molecule has 0 unspecified atom stereocenters. The van der Waals surface area contributed by atoms with Crippen molar-refractivity contribution in [1.82, 2.24) is 5.32 Å². The van der Waals surface area contributed by atoms with Gasteiger partial charge in [0.05, 0.1) is 0 Å². The summed E-state index contributed by atoms with van der Waals surface area (Å²) in [5.74, 6) is 0.501. The van der Waals surface area contributed by atoms with E-state index < -0.39 is 0 Å². The van der Waals surface area contributed by atoms with Crippen LogP contribution in [0.1, 0.15) is 39.1 Å². The highest BCUT2D eigenvalue weighted by atomic mass is 16.1. The van der Waals surface area contributed by atoms with Crippen LogP contribution in [0, 0.1) is 5.92 Å². The number of nitrogens with one attached hydrogen (secondary N) is 1. The number of benzene rings is 1. The summed E-state index contributed by atoms with van der Waals surface area (Å²) in [7, 11) is 0. The lowest BCUT2D eigenvalue weighted by atomic mass is 9.88. The van der Waals surface area contributed by atoms with Crippen molar-refractivity contribution in [2.75, 3.05) is 0 Å². The fourth-order valence-electron chi connectivity index (χ4n) is 2.29. The van der Waals surface area contributed by atoms with Crippen molar-refractivity contribution in [2.24, 2.45) is 5.92 Å². The average molecular weight is 219 g/mol. The van der Waals surface area contributed by atoms with Crippen LogP contribution in [0.3, 0.4) is 0 Å². The Bertz CT molecular complexity index is 333. The van der Waals surface area contributed by atoms with E-state index in [-0.39, 0.29) is 13.3 Å². The molecule has 1 aromatic carbocycles. The largest absolute Gasteiger partial charge is 0.352 e. The summed E-state index contributed by atoms with van der Waals surface area (Å²) in [5.41, 5.74) is 1.17. The molecule has 1 N–H and O–H groups in total. The van der Waals surface area contributed by atoms with Crippen molar-refractivity contribution in [2.45, 2.75) is 38.6 Å². The van der Waals surface area contributed by atoms with Crippen LogP contribution >= 0.6 is 0 Å². The summed E-state index contributed by atoms with van der Waals surface area (Å²) in [6, 6.07) is 10.1. The highest BCUT2D eigenvalue weighted by Gasteiger charge is 2.20. The quantitative estimate of drug-likeness (QED) is 0.831. The van der Waals surface area contributed by atoms with Gasteiger partial charge in [-0.05, 0) is 18.4 Å². The minimum absolute atomic E-state index is 0. The fraction of sp³-hybridized carbons (Fsp3) is 0.500. The summed E-state index contributed by atoms with van der Waals surface area (Å²) in [6.07, 6.45) is 5.86. The Morgan fingerprint density at radius 3 is 2.56 bits per heavy atom. The van der Waals surface area contributed by atoms with Crippen LogP contribution < -0.4 is 5.32 Å². The number of hydrogen-bond acceptors (Lipinski definition) is 1. The predicted molar refractivity (Wildman–Crippen MR) is 67.0 cm³/mol. The molecule has 0 saturated heterocycles. The third-order valence-corrected chi connectivity index (χ3v) is 3.29. The van der Waals surface area contributed by atoms with E-state index in [0.29, 0.717) is 6.54 Å². The second-order valence-corrected chi connectivity index (χ2v) is 4.54. The maximum absolute atomic E-state index is 11.9. The molecule has 0 aliphatic heterocycles. The molecule has 1 saturated carbocycles. The molecule has 0 bridgehead atoms. The Morgan fingerprint density at radius 2 is 1.88 bits per heavy atom. The standard InChI is InChI=1S/C14H19NO.H2/c16-14(13-9-5-2-6-10-13)15-11-12-7-3-1-4-8-12;/h1,3-4,7-8,13H,2,5-6,9-11H2,(H,15,16);1H. The summed E-state index contributed by atoms with van der Waals surface area (Å²) < 4.78 is 0. The van der Waals surface area contributed by atoms with Crippen molar-refractivity contribution in [1.29, 1.82) is 0 Å². The molecule has 1 fully saturated rings. The molecule has 1 aliphatic rings. The number of hydrogen-bond donors (Lipinski definition) is 1. The lowest BCUT2D eigenvalue weighted by molar-refractivity contribution is -0.126. The molecule has 0 spiro atoms. The molecule has 88 valence electrons. The summed E-state index contributed by atoms with van der Waals surface area (Å²) in [5, 5.41) is 3.03. The Kier molecular flexibility index (Phi) is 3.97. The molecule has 1 aliphatic carbocycles. The maximum atomic E-state index is 11.9. The summed E-state index contributed by atoms with van der Waals surface area (Å²) in [6.45, 7) is 0.663. The highest BCUT2D eigenvalue weighted by Crippen LogP contribution is 2.23. The molecule has 2 heteroatoms. The van der Waals surface area contributed by atoms with Crippen LogP contribution in [0.25, 0.3) is 0 Å². The molecule has 1 aromatic rings. The van der Waals surface area contributed by atoms with E-state index in [1.165, 1.54) is 24.8 Å². The zero-order chi connectivity index (χ0) is 11.2. The summed E-state index contributed by atoms with van der Waals surface area (Å²) >= 11 is 0. The van der Waals surface area contributed by atoms with Gasteiger partial charge in [0, 0.05) is 13.9 Å². The SMILES string of the molecule is O=C(NCc1ccccc1)C1CCCCC1.[HH]. The van der Waals surface area contributed by atoms with Gasteiger partial charge in [-0.15, -0.1) is 0 Å².